The largest absolute Gasteiger partial charge is 0.323 e. The van der Waals surface area contributed by atoms with Gasteiger partial charge in [0.05, 0.1) is 0 Å². The third-order valence-electron chi connectivity index (χ3n) is 3.71. The van der Waals surface area contributed by atoms with Crippen molar-refractivity contribution in [2.75, 3.05) is 0 Å². The zero-order chi connectivity index (χ0) is 13.4. The predicted octanol–water partition coefficient (Wildman–Crippen LogP) is 3.71. The minimum absolute atomic E-state index is 0.171. The highest BCUT2D eigenvalue weighted by Crippen LogP contribution is 2.39. The van der Waals surface area contributed by atoms with E-state index in [0.717, 1.165) is 28.6 Å². The van der Waals surface area contributed by atoms with E-state index < -0.39 is 0 Å². The maximum atomic E-state index is 13.5. The van der Waals surface area contributed by atoms with Crippen LogP contribution in [0.4, 0.5) is 4.39 Å². The maximum absolute atomic E-state index is 13.5. The molecule has 0 aliphatic heterocycles. The fraction of sp³-hybridized carbons (Fsp3) is 0.267. The molecule has 2 aromatic rings. The Bertz CT molecular complexity index is 595. The molecule has 4 heteroatoms. The number of aromatic nitrogens is 1. The summed E-state index contributed by atoms with van der Waals surface area (Å²) in [5.74, 6) is -0.0935. The molecule has 2 unspecified atom stereocenters. The molecule has 0 radical (unpaired) electrons. The van der Waals surface area contributed by atoms with Crippen LogP contribution < -0.4 is 5.73 Å². The van der Waals surface area contributed by atoms with E-state index in [4.69, 9.17) is 5.73 Å². The summed E-state index contributed by atoms with van der Waals surface area (Å²) in [6.45, 7) is 0. The minimum Gasteiger partial charge on any atom is -0.323 e. The molecule has 98 valence electrons. The van der Waals surface area contributed by atoms with Crippen molar-refractivity contribution >= 4 is 15.9 Å². The number of rotatable bonds is 2. The van der Waals surface area contributed by atoms with Gasteiger partial charge in [0.2, 0.25) is 0 Å². The molecule has 0 amide bonds. The van der Waals surface area contributed by atoms with Crippen molar-refractivity contribution in [3.63, 3.8) is 0 Å². The van der Waals surface area contributed by atoms with Crippen molar-refractivity contribution in [2.45, 2.75) is 24.8 Å². The number of fused-ring (bicyclic) bond motifs is 1. The molecule has 1 aliphatic rings. The van der Waals surface area contributed by atoms with Crippen LogP contribution in [0.1, 0.15) is 35.2 Å². The van der Waals surface area contributed by atoms with Gasteiger partial charge in [-0.2, -0.15) is 0 Å². The number of aryl methyl sites for hydroxylation is 1. The average molecular weight is 321 g/mol. The predicted molar refractivity (Wildman–Crippen MR) is 76.3 cm³/mol. The summed E-state index contributed by atoms with van der Waals surface area (Å²) in [4.78, 5) is 4.45. The smallest absolute Gasteiger partial charge is 0.124 e. The van der Waals surface area contributed by atoms with Gasteiger partial charge in [-0.3, -0.25) is 4.98 Å². The number of hydrogen-bond donors (Lipinski definition) is 1. The van der Waals surface area contributed by atoms with Crippen molar-refractivity contribution in [1.29, 1.82) is 0 Å². The second kappa shape index (κ2) is 5.02. The molecule has 3 rings (SSSR count). The summed E-state index contributed by atoms with van der Waals surface area (Å²) in [6.07, 6.45) is 3.77. The van der Waals surface area contributed by atoms with E-state index in [2.05, 4.69) is 27.0 Å². The van der Waals surface area contributed by atoms with E-state index in [1.807, 2.05) is 12.1 Å². The molecular weight excluding hydrogens is 307 g/mol. The second-order valence-corrected chi connectivity index (χ2v) is 5.84. The Balaban J connectivity index is 1.95. The minimum atomic E-state index is -0.265. The van der Waals surface area contributed by atoms with Crippen molar-refractivity contribution in [3.05, 3.63) is 63.6 Å². The molecule has 1 aliphatic carbocycles. The first-order valence-electron chi connectivity index (χ1n) is 6.30. The zero-order valence-electron chi connectivity index (χ0n) is 10.3. The van der Waals surface area contributed by atoms with Gasteiger partial charge in [-0.25, -0.2) is 4.39 Å². The third-order valence-corrected chi connectivity index (χ3v) is 4.16. The molecular formula is C15H14BrFN2. The van der Waals surface area contributed by atoms with Crippen LogP contribution in [0, 0.1) is 5.82 Å². The van der Waals surface area contributed by atoms with Gasteiger partial charge in [0.15, 0.2) is 0 Å². The number of nitrogens with zero attached hydrogens (tertiary/aromatic N) is 1. The lowest BCUT2D eigenvalue weighted by Gasteiger charge is -2.20. The average Bonchev–Trinajstić information content (AvgIpc) is 2.80. The first-order chi connectivity index (χ1) is 9.15. The number of nitrogens with two attached hydrogens (primary N) is 1. The molecule has 2 atom stereocenters. The lowest BCUT2D eigenvalue weighted by Crippen LogP contribution is -2.19. The molecule has 1 heterocycles. The zero-order valence-corrected chi connectivity index (χ0v) is 11.9. The van der Waals surface area contributed by atoms with Gasteiger partial charge in [-0.15, -0.1) is 0 Å². The highest BCUT2D eigenvalue weighted by Gasteiger charge is 2.29. The molecule has 1 aromatic heterocycles. The number of pyridine rings is 1. The lowest BCUT2D eigenvalue weighted by molar-refractivity contribution is 0.535. The summed E-state index contributed by atoms with van der Waals surface area (Å²) >= 11 is 3.31. The molecule has 1 aromatic carbocycles. The Morgan fingerprint density at radius 1 is 1.37 bits per heavy atom. The number of hydrogen-bond acceptors (Lipinski definition) is 2. The molecule has 0 spiro atoms. The first kappa shape index (κ1) is 12.8. The van der Waals surface area contributed by atoms with E-state index in [-0.39, 0.29) is 17.8 Å². The Kier molecular flexibility index (Phi) is 3.37. The van der Waals surface area contributed by atoms with Crippen LogP contribution in [-0.2, 0) is 6.42 Å². The second-order valence-electron chi connectivity index (χ2n) is 4.92. The molecule has 2 nitrogen and oxygen atoms in total. The lowest BCUT2D eigenvalue weighted by atomic mass is 9.91. The Labute approximate surface area is 120 Å². The van der Waals surface area contributed by atoms with Crippen molar-refractivity contribution in [2.24, 2.45) is 5.73 Å². The molecule has 0 bridgehead atoms. The van der Waals surface area contributed by atoms with Crippen LogP contribution in [0.15, 0.2) is 41.0 Å². The number of halogens is 2. The summed E-state index contributed by atoms with van der Waals surface area (Å²) in [6, 6.07) is 8.66. The molecule has 0 fully saturated rings. The Morgan fingerprint density at radius 2 is 2.21 bits per heavy atom. The molecule has 19 heavy (non-hydrogen) atoms. The summed E-state index contributed by atoms with van der Waals surface area (Å²) in [5, 5.41) is 0. The summed E-state index contributed by atoms with van der Waals surface area (Å²) < 4.78 is 14.2. The maximum Gasteiger partial charge on any atom is 0.124 e. The molecule has 0 saturated carbocycles. The van der Waals surface area contributed by atoms with Crippen molar-refractivity contribution < 1.29 is 4.39 Å². The monoisotopic (exact) mass is 320 g/mol. The fourth-order valence-electron chi connectivity index (χ4n) is 2.79. The molecule has 0 saturated heterocycles. The number of benzene rings is 1. The van der Waals surface area contributed by atoms with Crippen LogP contribution in [-0.4, -0.2) is 4.98 Å². The Hall–Kier alpha value is -1.26. The van der Waals surface area contributed by atoms with Gasteiger partial charge in [0, 0.05) is 28.3 Å². The summed E-state index contributed by atoms with van der Waals surface area (Å²) in [5.41, 5.74) is 9.47. The van der Waals surface area contributed by atoms with Crippen molar-refractivity contribution in [1.82, 2.24) is 4.98 Å². The van der Waals surface area contributed by atoms with E-state index in [1.54, 1.807) is 6.20 Å². The van der Waals surface area contributed by atoms with Gasteiger partial charge in [-0.1, -0.05) is 22.0 Å². The van der Waals surface area contributed by atoms with E-state index in [9.17, 15) is 4.39 Å². The molecule has 2 N–H and O–H groups in total. The van der Waals surface area contributed by atoms with Gasteiger partial charge in [-0.05, 0) is 48.2 Å². The van der Waals surface area contributed by atoms with Crippen molar-refractivity contribution in [3.8, 4) is 0 Å². The van der Waals surface area contributed by atoms with Gasteiger partial charge < -0.3 is 5.73 Å². The van der Waals surface area contributed by atoms with Crippen LogP contribution >= 0.6 is 15.9 Å². The summed E-state index contributed by atoms with van der Waals surface area (Å²) in [7, 11) is 0. The standard InChI is InChI=1S/C15H14BrFN2/c16-11-6-10(7-12(17)8-11)14(18)13-4-3-9-2-1-5-19-15(9)13/h1-2,5-8,13-14H,3-4,18H2. The SMILES string of the molecule is NC(c1cc(F)cc(Br)c1)C1CCc2cccnc21. The van der Waals surface area contributed by atoms with Crippen LogP contribution in [0.2, 0.25) is 0 Å². The Morgan fingerprint density at radius 3 is 3.00 bits per heavy atom. The quantitative estimate of drug-likeness (QED) is 0.916. The normalized spacial score (nSPS) is 19.2. The highest BCUT2D eigenvalue weighted by molar-refractivity contribution is 9.10. The first-order valence-corrected chi connectivity index (χ1v) is 7.10. The van der Waals surface area contributed by atoms with Crippen LogP contribution in [0.25, 0.3) is 0 Å². The fourth-order valence-corrected chi connectivity index (χ4v) is 3.28. The third kappa shape index (κ3) is 2.42. The topological polar surface area (TPSA) is 38.9 Å². The van der Waals surface area contributed by atoms with Gasteiger partial charge in [0.1, 0.15) is 5.82 Å². The van der Waals surface area contributed by atoms with E-state index in [0.29, 0.717) is 0 Å². The van der Waals surface area contributed by atoms with Gasteiger partial charge >= 0.3 is 0 Å². The van der Waals surface area contributed by atoms with Crippen LogP contribution in [0.5, 0.6) is 0 Å². The highest BCUT2D eigenvalue weighted by atomic mass is 79.9. The van der Waals surface area contributed by atoms with E-state index >= 15 is 0 Å². The van der Waals surface area contributed by atoms with Crippen LogP contribution in [0.3, 0.4) is 0 Å². The van der Waals surface area contributed by atoms with E-state index in [1.165, 1.54) is 17.7 Å². The van der Waals surface area contributed by atoms with Gasteiger partial charge in [0.25, 0.3) is 0 Å².